The molecule has 0 amide bonds. The predicted octanol–water partition coefficient (Wildman–Crippen LogP) is 3.10. The number of nitro groups is 1. The molecular formula is C8H14BrNO2. The lowest BCUT2D eigenvalue weighted by molar-refractivity contribution is -0.538. The molecule has 0 heterocycles. The van der Waals surface area contributed by atoms with E-state index in [0.717, 1.165) is 25.7 Å². The van der Waals surface area contributed by atoms with Crippen molar-refractivity contribution in [3.05, 3.63) is 10.1 Å². The second-order valence-electron chi connectivity index (χ2n) is 3.44. The monoisotopic (exact) mass is 235 g/mol. The van der Waals surface area contributed by atoms with Crippen LogP contribution in [0.3, 0.4) is 0 Å². The molecule has 0 aliphatic heterocycles. The van der Waals surface area contributed by atoms with Crippen molar-refractivity contribution >= 4 is 15.9 Å². The molecule has 0 aromatic rings. The Labute approximate surface area is 80.8 Å². The van der Waals surface area contributed by atoms with Gasteiger partial charge in [-0.15, -0.1) is 0 Å². The summed E-state index contributed by atoms with van der Waals surface area (Å²) in [5.74, 6) is 0. The Hall–Kier alpha value is -0.120. The maximum Gasteiger partial charge on any atom is 0.274 e. The van der Waals surface area contributed by atoms with E-state index in [1.165, 1.54) is 6.42 Å². The highest BCUT2D eigenvalue weighted by Gasteiger charge is 2.38. The number of hydrogen-bond acceptors (Lipinski definition) is 2. The summed E-state index contributed by atoms with van der Waals surface area (Å²) in [6.07, 6.45) is 6.83. The predicted molar refractivity (Wildman–Crippen MR) is 51.0 cm³/mol. The van der Waals surface area contributed by atoms with Crippen LogP contribution in [0.2, 0.25) is 0 Å². The third kappa shape index (κ3) is 2.44. The summed E-state index contributed by atoms with van der Waals surface area (Å²) in [5, 5.41) is 10.7. The third-order valence-corrected chi connectivity index (χ3v) is 3.53. The summed E-state index contributed by atoms with van der Waals surface area (Å²) in [5.41, 5.74) is 0. The maximum absolute atomic E-state index is 10.7. The van der Waals surface area contributed by atoms with Crippen LogP contribution in [0.4, 0.5) is 0 Å². The molecule has 0 unspecified atom stereocenters. The van der Waals surface area contributed by atoms with E-state index in [0.29, 0.717) is 12.8 Å². The van der Waals surface area contributed by atoms with Crippen LogP contribution in [0.5, 0.6) is 0 Å². The molecule has 0 N–H and O–H groups in total. The first-order valence-electron chi connectivity index (χ1n) is 4.48. The highest BCUT2D eigenvalue weighted by atomic mass is 79.9. The second kappa shape index (κ2) is 4.21. The smallest absolute Gasteiger partial charge is 0.263 e. The lowest BCUT2D eigenvalue weighted by Crippen LogP contribution is -2.31. The standard InChI is InChI=1S/C8H14BrNO2/c9-8(10(11)12)6-4-2-1-3-5-7-8/h1-7H2. The van der Waals surface area contributed by atoms with Crippen molar-refractivity contribution in [3.63, 3.8) is 0 Å². The normalized spacial score (nSPS) is 24.1. The van der Waals surface area contributed by atoms with Gasteiger partial charge in [-0.05, 0) is 12.8 Å². The van der Waals surface area contributed by atoms with E-state index < -0.39 is 4.45 Å². The molecule has 1 aliphatic carbocycles. The summed E-state index contributed by atoms with van der Waals surface area (Å²) in [6.45, 7) is 0. The largest absolute Gasteiger partial charge is 0.274 e. The van der Waals surface area contributed by atoms with Gasteiger partial charge < -0.3 is 0 Å². The first-order chi connectivity index (χ1) is 5.65. The van der Waals surface area contributed by atoms with E-state index in [9.17, 15) is 10.1 Å². The van der Waals surface area contributed by atoms with Crippen molar-refractivity contribution in [2.45, 2.75) is 49.4 Å². The lowest BCUT2D eigenvalue weighted by Gasteiger charge is -2.20. The molecule has 3 nitrogen and oxygen atoms in total. The summed E-state index contributed by atoms with van der Waals surface area (Å²) in [7, 11) is 0. The first-order valence-corrected chi connectivity index (χ1v) is 5.28. The minimum atomic E-state index is -0.812. The Kier molecular flexibility index (Phi) is 3.50. The molecule has 1 aliphatic rings. The van der Waals surface area contributed by atoms with Gasteiger partial charge in [-0.2, -0.15) is 0 Å². The quantitative estimate of drug-likeness (QED) is 0.304. The van der Waals surface area contributed by atoms with Crippen LogP contribution < -0.4 is 0 Å². The van der Waals surface area contributed by atoms with Gasteiger partial charge in [-0.25, -0.2) is 0 Å². The fraction of sp³-hybridized carbons (Fsp3) is 1.00. The van der Waals surface area contributed by atoms with Crippen molar-refractivity contribution in [1.29, 1.82) is 0 Å². The second-order valence-corrected chi connectivity index (χ2v) is 4.92. The Morgan fingerprint density at radius 3 is 1.92 bits per heavy atom. The minimum absolute atomic E-state index is 0.168. The van der Waals surface area contributed by atoms with Gasteiger partial charge in [0.2, 0.25) is 0 Å². The van der Waals surface area contributed by atoms with E-state index >= 15 is 0 Å². The van der Waals surface area contributed by atoms with Gasteiger partial charge in [-0.1, -0.05) is 19.3 Å². The van der Waals surface area contributed by atoms with Gasteiger partial charge in [0.25, 0.3) is 4.45 Å². The van der Waals surface area contributed by atoms with Gasteiger partial charge in [0.05, 0.1) is 0 Å². The maximum atomic E-state index is 10.7. The Balaban J connectivity index is 2.54. The highest BCUT2D eigenvalue weighted by Crippen LogP contribution is 2.34. The molecule has 0 bridgehead atoms. The summed E-state index contributed by atoms with van der Waals surface area (Å²) >= 11 is 3.25. The van der Waals surface area contributed by atoms with E-state index in [1.807, 2.05) is 0 Å². The van der Waals surface area contributed by atoms with Crippen LogP contribution in [-0.4, -0.2) is 9.37 Å². The van der Waals surface area contributed by atoms with Crippen molar-refractivity contribution in [2.24, 2.45) is 0 Å². The van der Waals surface area contributed by atoms with Crippen molar-refractivity contribution in [2.75, 3.05) is 0 Å². The van der Waals surface area contributed by atoms with E-state index in [-0.39, 0.29) is 4.92 Å². The molecule has 4 heteroatoms. The molecule has 0 aromatic carbocycles. The first kappa shape index (κ1) is 9.96. The zero-order chi connectivity index (χ0) is 9.03. The number of halogens is 1. The van der Waals surface area contributed by atoms with Crippen LogP contribution in [0.1, 0.15) is 44.9 Å². The molecule has 1 rings (SSSR count). The average molecular weight is 236 g/mol. The molecule has 1 fully saturated rings. The van der Waals surface area contributed by atoms with Crippen molar-refractivity contribution in [1.82, 2.24) is 0 Å². The topological polar surface area (TPSA) is 43.1 Å². The average Bonchev–Trinajstić information content (AvgIpc) is 1.97. The molecule has 0 saturated heterocycles. The van der Waals surface area contributed by atoms with Gasteiger partial charge in [0.15, 0.2) is 0 Å². The Morgan fingerprint density at radius 2 is 1.50 bits per heavy atom. The zero-order valence-electron chi connectivity index (χ0n) is 7.09. The SMILES string of the molecule is O=[N+]([O-])C1(Br)CCCCCCC1. The Morgan fingerprint density at radius 1 is 1.08 bits per heavy atom. The van der Waals surface area contributed by atoms with Crippen LogP contribution in [-0.2, 0) is 0 Å². The van der Waals surface area contributed by atoms with Crippen molar-refractivity contribution in [3.8, 4) is 0 Å². The fourth-order valence-electron chi connectivity index (χ4n) is 1.63. The van der Waals surface area contributed by atoms with Crippen molar-refractivity contribution < 1.29 is 4.92 Å². The zero-order valence-corrected chi connectivity index (χ0v) is 8.68. The van der Waals surface area contributed by atoms with Crippen LogP contribution in [0, 0.1) is 10.1 Å². The number of rotatable bonds is 1. The van der Waals surface area contributed by atoms with Crippen LogP contribution in [0.15, 0.2) is 0 Å². The number of hydrogen-bond donors (Lipinski definition) is 0. The number of nitrogens with zero attached hydrogens (tertiary/aromatic N) is 1. The third-order valence-electron chi connectivity index (χ3n) is 2.45. The summed E-state index contributed by atoms with van der Waals surface area (Å²) < 4.78 is -0.812. The summed E-state index contributed by atoms with van der Waals surface area (Å²) in [4.78, 5) is 10.5. The molecule has 0 radical (unpaired) electrons. The molecule has 0 aromatic heterocycles. The lowest BCUT2D eigenvalue weighted by atomic mass is 9.97. The van der Waals surface area contributed by atoms with Crippen LogP contribution >= 0.6 is 15.9 Å². The van der Waals surface area contributed by atoms with E-state index in [2.05, 4.69) is 15.9 Å². The van der Waals surface area contributed by atoms with E-state index in [1.54, 1.807) is 0 Å². The van der Waals surface area contributed by atoms with Gasteiger partial charge >= 0.3 is 0 Å². The van der Waals surface area contributed by atoms with Gasteiger partial charge in [-0.3, -0.25) is 10.1 Å². The fourth-order valence-corrected chi connectivity index (χ4v) is 2.19. The highest BCUT2D eigenvalue weighted by molar-refractivity contribution is 9.10. The number of alkyl halides is 1. The summed E-state index contributed by atoms with van der Waals surface area (Å²) in [6, 6.07) is 0. The minimum Gasteiger partial charge on any atom is -0.263 e. The molecule has 0 atom stereocenters. The molecule has 1 saturated carbocycles. The van der Waals surface area contributed by atoms with Gasteiger partial charge in [0.1, 0.15) is 0 Å². The van der Waals surface area contributed by atoms with Crippen LogP contribution in [0.25, 0.3) is 0 Å². The molecule has 0 spiro atoms. The van der Waals surface area contributed by atoms with Gasteiger partial charge in [0, 0.05) is 33.7 Å². The molecule has 12 heavy (non-hydrogen) atoms. The van der Waals surface area contributed by atoms with E-state index in [4.69, 9.17) is 0 Å². The molecule has 70 valence electrons. The Bertz CT molecular complexity index is 164. The molecular weight excluding hydrogens is 222 g/mol.